The second kappa shape index (κ2) is 16.0. The lowest BCUT2D eigenvalue weighted by Gasteiger charge is -2.19. The van der Waals surface area contributed by atoms with E-state index in [1.807, 2.05) is 18.2 Å². The first kappa shape index (κ1) is 36.3. The third kappa shape index (κ3) is 7.42. The van der Waals surface area contributed by atoms with Gasteiger partial charge in [-0.15, -0.1) is 0 Å². The quantitative estimate of drug-likeness (QED) is 0.0987. The Hall–Kier alpha value is -5.64. The predicted molar refractivity (Wildman–Crippen MR) is 226 cm³/mol. The maximum Gasteiger partial charge on any atom is 0.282 e. The summed E-state index contributed by atoms with van der Waals surface area (Å²) in [5.41, 5.74) is 7.40. The minimum atomic E-state index is -0.106. The number of hydrogen-bond donors (Lipinski definition) is 1. The van der Waals surface area contributed by atoms with E-state index in [4.69, 9.17) is 0 Å². The van der Waals surface area contributed by atoms with Gasteiger partial charge in [0.05, 0.1) is 24.3 Å². The van der Waals surface area contributed by atoms with Crippen molar-refractivity contribution >= 4 is 69.5 Å². The van der Waals surface area contributed by atoms with Gasteiger partial charge in [-0.3, -0.25) is 19.3 Å². The number of carbonyl (C=O) groups is 3. The SMILES string of the molecule is CN(CCCC(=O)NCCSCc1ccc2c(c1)C(=O)c1ccccc1C2=O)c1cc(/C=C2/Sc3ccccc3N2C)c2ccccc2[n+]1-c1ccccc1. The first-order valence-electron chi connectivity index (χ1n) is 18.5. The van der Waals surface area contributed by atoms with Crippen LogP contribution >= 0.6 is 23.5 Å². The molecule has 0 bridgehead atoms. The van der Waals surface area contributed by atoms with Crippen LogP contribution in [0.1, 0.15) is 55.8 Å². The second-order valence-corrected chi connectivity index (χ2v) is 15.9. The zero-order chi connectivity index (χ0) is 37.9. The standard InChI is InChI=1S/C46H40N4O3S2/c1-48(25-12-21-42(51)47-24-26-54-30-31-22-23-37-38(27-31)46(53)36-17-7-6-16-35(36)45(37)52)43-28-32(29-44-49(2)40-19-10-11-20-41(40)55-44)34-15-8-9-18-39(34)50(43)33-13-4-3-5-14-33/h3-11,13-20,22-23,27-29H,12,21,24-26,30H2,1-2H3/p+1. The number of fused-ring (bicyclic) bond motifs is 4. The molecule has 0 radical (unpaired) electrons. The number of hydrogen-bond acceptors (Lipinski definition) is 7. The van der Waals surface area contributed by atoms with Crippen LogP contribution in [0.5, 0.6) is 0 Å². The van der Waals surface area contributed by atoms with Crippen LogP contribution in [0, 0.1) is 0 Å². The van der Waals surface area contributed by atoms with Crippen molar-refractivity contribution in [3.63, 3.8) is 0 Å². The molecule has 55 heavy (non-hydrogen) atoms. The van der Waals surface area contributed by atoms with E-state index in [9.17, 15) is 14.4 Å². The van der Waals surface area contributed by atoms with Gasteiger partial charge in [-0.25, -0.2) is 0 Å². The van der Waals surface area contributed by atoms with Gasteiger partial charge < -0.3 is 10.2 Å². The highest BCUT2D eigenvalue weighted by Crippen LogP contribution is 2.46. The first-order valence-corrected chi connectivity index (χ1v) is 20.5. The van der Waals surface area contributed by atoms with Crippen molar-refractivity contribution in [2.24, 2.45) is 0 Å². The first-order chi connectivity index (χ1) is 26.9. The summed E-state index contributed by atoms with van der Waals surface area (Å²) in [7, 11) is 4.22. The van der Waals surface area contributed by atoms with E-state index in [0.717, 1.165) is 33.9 Å². The van der Waals surface area contributed by atoms with Crippen molar-refractivity contribution in [2.75, 3.05) is 42.7 Å². The summed E-state index contributed by atoms with van der Waals surface area (Å²) in [4.78, 5) is 44.7. The molecule has 0 saturated carbocycles. The summed E-state index contributed by atoms with van der Waals surface area (Å²) >= 11 is 3.48. The average molecular weight is 762 g/mol. The molecule has 1 aliphatic carbocycles. The fraction of sp³-hybridized carbons (Fsp3) is 0.174. The number of para-hydroxylation sites is 3. The van der Waals surface area contributed by atoms with Gasteiger partial charge in [-0.2, -0.15) is 16.3 Å². The molecular formula is C46H41N4O3S2+. The Bertz CT molecular complexity index is 2480. The molecule has 0 unspecified atom stereocenters. The fourth-order valence-corrected chi connectivity index (χ4v) is 9.22. The number of amides is 1. The summed E-state index contributed by atoms with van der Waals surface area (Å²) in [5.74, 6) is 2.30. The van der Waals surface area contributed by atoms with Gasteiger partial charge >= 0.3 is 0 Å². The zero-order valence-electron chi connectivity index (χ0n) is 30.8. The lowest BCUT2D eigenvalue weighted by atomic mass is 9.83. The Balaban J connectivity index is 0.899. The number of pyridine rings is 1. The molecule has 6 aromatic rings. The largest absolute Gasteiger partial charge is 0.355 e. The Kier molecular flexibility index (Phi) is 10.6. The molecule has 0 atom stereocenters. The van der Waals surface area contributed by atoms with Crippen LogP contribution < -0.4 is 19.7 Å². The summed E-state index contributed by atoms with van der Waals surface area (Å²) in [5, 5.41) is 5.42. The van der Waals surface area contributed by atoms with E-state index < -0.39 is 0 Å². The summed E-state index contributed by atoms with van der Waals surface area (Å²) in [6, 6.07) is 42.3. The summed E-state index contributed by atoms with van der Waals surface area (Å²) < 4.78 is 2.31. The van der Waals surface area contributed by atoms with Crippen LogP contribution in [0.25, 0.3) is 22.7 Å². The molecule has 1 aliphatic heterocycles. The van der Waals surface area contributed by atoms with Crippen LogP contribution in [-0.4, -0.2) is 50.4 Å². The molecule has 2 aliphatic rings. The van der Waals surface area contributed by atoms with E-state index in [1.54, 1.807) is 53.9 Å². The van der Waals surface area contributed by atoms with Crippen LogP contribution in [0.3, 0.4) is 0 Å². The molecule has 0 fully saturated rings. The number of nitrogens with zero attached hydrogens (tertiary/aromatic N) is 3. The zero-order valence-corrected chi connectivity index (χ0v) is 32.5. The normalized spacial score (nSPS) is 13.9. The van der Waals surface area contributed by atoms with Gasteiger partial charge in [0.25, 0.3) is 5.82 Å². The molecule has 8 rings (SSSR count). The monoisotopic (exact) mass is 761 g/mol. The minimum Gasteiger partial charge on any atom is -0.355 e. The van der Waals surface area contributed by atoms with Crippen LogP contribution in [0.4, 0.5) is 11.5 Å². The number of carbonyl (C=O) groups excluding carboxylic acids is 3. The molecule has 0 saturated heterocycles. The van der Waals surface area contributed by atoms with E-state index >= 15 is 0 Å². The van der Waals surface area contributed by atoms with Crippen LogP contribution in [-0.2, 0) is 10.5 Å². The third-order valence-corrected chi connectivity index (χ3v) is 12.3. The van der Waals surface area contributed by atoms with E-state index in [0.29, 0.717) is 53.9 Å². The van der Waals surface area contributed by atoms with Crippen molar-refractivity contribution in [1.29, 1.82) is 0 Å². The van der Waals surface area contributed by atoms with E-state index in [2.05, 4.69) is 119 Å². The maximum absolute atomic E-state index is 13.1. The van der Waals surface area contributed by atoms with Crippen molar-refractivity contribution in [3.05, 3.63) is 166 Å². The van der Waals surface area contributed by atoms with Gasteiger partial charge in [0, 0.05) is 70.1 Å². The molecule has 7 nitrogen and oxygen atoms in total. The molecule has 1 aromatic heterocycles. The highest BCUT2D eigenvalue weighted by molar-refractivity contribution is 8.03. The highest BCUT2D eigenvalue weighted by atomic mass is 32.2. The topological polar surface area (TPSA) is 73.6 Å². The fourth-order valence-electron chi connectivity index (χ4n) is 7.31. The second-order valence-electron chi connectivity index (χ2n) is 13.8. The number of thioether (sulfide) groups is 2. The molecule has 274 valence electrons. The Labute approximate surface area is 330 Å². The van der Waals surface area contributed by atoms with Crippen molar-refractivity contribution < 1.29 is 19.0 Å². The number of benzene rings is 5. The number of anilines is 2. The average Bonchev–Trinajstić information content (AvgIpc) is 3.54. The third-order valence-electron chi connectivity index (χ3n) is 10.2. The lowest BCUT2D eigenvalue weighted by molar-refractivity contribution is -0.553. The van der Waals surface area contributed by atoms with Gasteiger partial charge in [0.15, 0.2) is 11.6 Å². The van der Waals surface area contributed by atoms with Crippen molar-refractivity contribution in [1.82, 2.24) is 5.32 Å². The maximum atomic E-state index is 13.1. The summed E-state index contributed by atoms with van der Waals surface area (Å²) in [6.45, 7) is 1.26. The van der Waals surface area contributed by atoms with E-state index in [1.165, 1.54) is 21.0 Å². The highest BCUT2D eigenvalue weighted by Gasteiger charge is 2.29. The Morgan fingerprint density at radius 3 is 2.31 bits per heavy atom. The summed E-state index contributed by atoms with van der Waals surface area (Å²) in [6.07, 6.45) is 3.41. The minimum absolute atomic E-state index is 0.0336. The Morgan fingerprint density at radius 1 is 0.818 bits per heavy atom. The molecule has 1 amide bonds. The smallest absolute Gasteiger partial charge is 0.282 e. The van der Waals surface area contributed by atoms with Crippen molar-refractivity contribution in [3.8, 4) is 5.69 Å². The number of ketones is 2. The van der Waals surface area contributed by atoms with Crippen LogP contribution in [0.2, 0.25) is 0 Å². The van der Waals surface area contributed by atoms with Crippen molar-refractivity contribution in [2.45, 2.75) is 23.5 Å². The molecular weight excluding hydrogens is 721 g/mol. The molecule has 5 aromatic carbocycles. The van der Waals surface area contributed by atoms with Crippen LogP contribution in [0.15, 0.2) is 137 Å². The van der Waals surface area contributed by atoms with E-state index in [-0.39, 0.29) is 17.5 Å². The number of nitrogens with one attached hydrogen (secondary N) is 1. The number of aromatic nitrogens is 1. The van der Waals surface area contributed by atoms with Gasteiger partial charge in [0.2, 0.25) is 5.91 Å². The van der Waals surface area contributed by atoms with Gasteiger partial charge in [-0.1, -0.05) is 90.6 Å². The van der Waals surface area contributed by atoms with Gasteiger partial charge in [-0.05, 0) is 66.1 Å². The molecule has 1 N–H and O–H groups in total. The molecule has 9 heteroatoms. The molecule has 0 spiro atoms. The lowest BCUT2D eigenvalue weighted by Crippen LogP contribution is -2.40. The number of rotatable bonds is 12. The van der Waals surface area contributed by atoms with Gasteiger partial charge in [0.1, 0.15) is 11.2 Å². The molecule has 2 heterocycles. The Morgan fingerprint density at radius 2 is 1.51 bits per heavy atom. The predicted octanol–water partition coefficient (Wildman–Crippen LogP) is 8.70.